The van der Waals surface area contributed by atoms with Gasteiger partial charge in [0.1, 0.15) is 16.6 Å². The third kappa shape index (κ3) is 3.67. The number of aromatic nitrogens is 2. The molecule has 3 heterocycles. The molecule has 2 aliphatic rings. The zero-order chi connectivity index (χ0) is 25.7. The molecule has 1 fully saturated rings. The number of thioether (sulfide) groups is 1. The molecule has 0 bridgehead atoms. The van der Waals surface area contributed by atoms with Gasteiger partial charge in [0.2, 0.25) is 5.91 Å². The van der Waals surface area contributed by atoms with Gasteiger partial charge in [0.05, 0.1) is 27.5 Å². The van der Waals surface area contributed by atoms with E-state index in [0.29, 0.717) is 27.0 Å². The number of anilines is 2. The normalized spacial score (nSPS) is 17.2. The number of likely N-dealkylation sites (N-methyl/N-ethyl adjacent to an activating group) is 1. The van der Waals surface area contributed by atoms with Crippen LogP contribution in [0.25, 0.3) is 11.3 Å². The zero-order valence-electron chi connectivity index (χ0n) is 19.6. The summed E-state index contributed by atoms with van der Waals surface area (Å²) in [5, 5.41) is 2.69. The third-order valence-electron chi connectivity index (χ3n) is 6.23. The van der Waals surface area contributed by atoms with Crippen molar-refractivity contribution in [1.82, 2.24) is 14.3 Å². The molecule has 0 saturated carbocycles. The molecule has 2 aromatic carbocycles. The van der Waals surface area contributed by atoms with Gasteiger partial charge in [0.25, 0.3) is 17.4 Å². The van der Waals surface area contributed by atoms with E-state index in [0.717, 1.165) is 11.8 Å². The van der Waals surface area contributed by atoms with Gasteiger partial charge in [-0.1, -0.05) is 60.4 Å². The van der Waals surface area contributed by atoms with Crippen LogP contribution >= 0.6 is 24.0 Å². The van der Waals surface area contributed by atoms with Crippen LogP contribution in [0.5, 0.6) is 0 Å². The molecule has 3 aromatic rings. The molecular weight excluding hydrogens is 498 g/mol. The van der Waals surface area contributed by atoms with Crippen LogP contribution in [-0.2, 0) is 21.4 Å². The maximum absolute atomic E-state index is 13.5. The SMILES string of the molecule is Cc1c(NC(=O)CN2C(=O)/C(=C3\SC(=S)N(C)C3=O)c3ccccc32)c(=O)n(-c2ccccc2)n1C. The Hall–Kier alpha value is -3.96. The van der Waals surface area contributed by atoms with Crippen LogP contribution in [0.3, 0.4) is 0 Å². The smallest absolute Gasteiger partial charge is 0.295 e. The van der Waals surface area contributed by atoms with Crippen LogP contribution in [0.15, 0.2) is 64.3 Å². The Balaban J connectivity index is 1.46. The van der Waals surface area contributed by atoms with Crippen LogP contribution in [0.4, 0.5) is 11.4 Å². The van der Waals surface area contributed by atoms with Crippen molar-refractivity contribution in [2.24, 2.45) is 7.05 Å². The first-order chi connectivity index (χ1) is 17.2. The molecule has 0 atom stereocenters. The van der Waals surface area contributed by atoms with Crippen LogP contribution in [-0.4, -0.2) is 49.9 Å². The Morgan fingerprint density at radius 2 is 1.64 bits per heavy atom. The number of hydrogen-bond acceptors (Lipinski definition) is 6. The van der Waals surface area contributed by atoms with Crippen molar-refractivity contribution in [3.63, 3.8) is 0 Å². The van der Waals surface area contributed by atoms with E-state index in [1.54, 1.807) is 62.1 Å². The van der Waals surface area contributed by atoms with E-state index in [-0.39, 0.29) is 34.2 Å². The summed E-state index contributed by atoms with van der Waals surface area (Å²) in [5.41, 5.74) is 2.29. The fourth-order valence-corrected chi connectivity index (χ4v) is 5.53. The highest BCUT2D eigenvalue weighted by Crippen LogP contribution is 2.44. The van der Waals surface area contributed by atoms with E-state index in [2.05, 4.69) is 5.32 Å². The predicted octanol–water partition coefficient (Wildman–Crippen LogP) is 2.67. The van der Waals surface area contributed by atoms with Gasteiger partial charge in [-0.2, -0.15) is 0 Å². The maximum atomic E-state index is 13.5. The third-order valence-corrected chi connectivity index (χ3v) is 7.79. The summed E-state index contributed by atoms with van der Waals surface area (Å²) in [5.74, 6) is -1.35. The van der Waals surface area contributed by atoms with Crippen molar-refractivity contribution in [2.45, 2.75) is 6.92 Å². The Bertz CT molecular complexity index is 1550. The lowest BCUT2D eigenvalue weighted by atomic mass is 10.1. The van der Waals surface area contributed by atoms with Crippen molar-refractivity contribution in [3.05, 3.63) is 81.1 Å². The lowest BCUT2D eigenvalue weighted by Crippen LogP contribution is -2.36. The number of rotatable bonds is 4. The molecule has 0 unspecified atom stereocenters. The maximum Gasteiger partial charge on any atom is 0.295 e. The molecule has 9 nitrogen and oxygen atoms in total. The monoisotopic (exact) mass is 519 g/mol. The number of carbonyl (C=O) groups excluding carboxylic acids is 3. The number of amides is 3. The zero-order valence-corrected chi connectivity index (χ0v) is 21.3. The van der Waals surface area contributed by atoms with Gasteiger partial charge in [-0.25, -0.2) is 4.68 Å². The summed E-state index contributed by atoms with van der Waals surface area (Å²) >= 11 is 6.29. The van der Waals surface area contributed by atoms with E-state index in [1.807, 2.05) is 18.2 Å². The van der Waals surface area contributed by atoms with Gasteiger partial charge in [0.15, 0.2) is 0 Å². The van der Waals surface area contributed by atoms with Crippen molar-refractivity contribution in [1.29, 1.82) is 0 Å². The molecular formula is C25H21N5O4S2. The molecule has 1 saturated heterocycles. The van der Waals surface area contributed by atoms with E-state index in [9.17, 15) is 19.2 Å². The summed E-state index contributed by atoms with van der Waals surface area (Å²) in [4.78, 5) is 55.3. The van der Waals surface area contributed by atoms with E-state index in [1.165, 1.54) is 14.5 Å². The fraction of sp³-hybridized carbons (Fsp3) is 0.160. The number of para-hydroxylation sites is 2. The number of nitrogens with one attached hydrogen (secondary N) is 1. The summed E-state index contributed by atoms with van der Waals surface area (Å²) in [6, 6.07) is 16.1. The Morgan fingerprint density at radius 1 is 0.972 bits per heavy atom. The quantitative estimate of drug-likeness (QED) is 0.421. The number of fused-ring (bicyclic) bond motifs is 1. The van der Waals surface area contributed by atoms with Crippen LogP contribution in [0, 0.1) is 6.92 Å². The van der Waals surface area contributed by atoms with Gasteiger partial charge in [-0.05, 0) is 25.1 Å². The first-order valence-corrected chi connectivity index (χ1v) is 12.2. The van der Waals surface area contributed by atoms with E-state index in [4.69, 9.17) is 12.2 Å². The first kappa shape index (κ1) is 23.8. The van der Waals surface area contributed by atoms with Gasteiger partial charge >= 0.3 is 0 Å². The van der Waals surface area contributed by atoms with Crippen LogP contribution < -0.4 is 15.8 Å². The van der Waals surface area contributed by atoms with Gasteiger partial charge in [-0.3, -0.25) is 33.7 Å². The minimum atomic E-state index is -0.534. The Morgan fingerprint density at radius 3 is 2.31 bits per heavy atom. The molecule has 1 aromatic heterocycles. The molecule has 0 radical (unpaired) electrons. The molecule has 2 aliphatic heterocycles. The van der Waals surface area contributed by atoms with E-state index >= 15 is 0 Å². The standard InChI is InChI=1S/C25H21N5O4S2/c1-14-20(23(33)30(28(14)3)15-9-5-4-6-10-15)26-18(31)13-29-17-12-8-7-11-16(17)19(22(29)32)21-24(34)27(2)25(35)36-21/h4-12H,13H2,1-3H3,(H,26,31)/b21-19-. The lowest BCUT2D eigenvalue weighted by Gasteiger charge is -2.16. The minimum Gasteiger partial charge on any atom is -0.318 e. The summed E-state index contributed by atoms with van der Waals surface area (Å²) in [6.45, 7) is 1.41. The van der Waals surface area contributed by atoms with Gasteiger partial charge in [-0.15, -0.1) is 0 Å². The summed E-state index contributed by atoms with van der Waals surface area (Å²) in [7, 11) is 3.29. The molecule has 5 rings (SSSR count). The van der Waals surface area contributed by atoms with Crippen LogP contribution in [0.2, 0.25) is 0 Å². The molecule has 36 heavy (non-hydrogen) atoms. The van der Waals surface area contributed by atoms with Crippen molar-refractivity contribution < 1.29 is 14.4 Å². The molecule has 1 N–H and O–H groups in total. The second kappa shape index (κ2) is 8.92. The highest BCUT2D eigenvalue weighted by atomic mass is 32.2. The fourth-order valence-electron chi connectivity index (χ4n) is 4.28. The highest BCUT2D eigenvalue weighted by molar-refractivity contribution is 8.26. The van der Waals surface area contributed by atoms with E-state index < -0.39 is 11.8 Å². The van der Waals surface area contributed by atoms with Gasteiger partial charge in [0, 0.05) is 19.7 Å². The first-order valence-electron chi connectivity index (χ1n) is 11.0. The van der Waals surface area contributed by atoms with Crippen molar-refractivity contribution >= 4 is 63.0 Å². The predicted molar refractivity (Wildman–Crippen MR) is 143 cm³/mol. The molecule has 11 heteroatoms. The highest BCUT2D eigenvalue weighted by Gasteiger charge is 2.41. The molecule has 182 valence electrons. The van der Waals surface area contributed by atoms with Crippen molar-refractivity contribution in [2.75, 3.05) is 23.8 Å². The summed E-state index contributed by atoms with van der Waals surface area (Å²) < 4.78 is 3.48. The Labute approximate surface area is 216 Å². The topological polar surface area (TPSA) is 96.7 Å². The summed E-state index contributed by atoms with van der Waals surface area (Å²) in [6.07, 6.45) is 0. The van der Waals surface area contributed by atoms with Gasteiger partial charge < -0.3 is 5.32 Å². The second-order valence-electron chi connectivity index (χ2n) is 8.33. The average molecular weight is 520 g/mol. The molecule has 3 amide bonds. The molecule has 0 spiro atoms. The number of carbonyl (C=O) groups is 3. The number of hydrogen-bond donors (Lipinski definition) is 1. The van der Waals surface area contributed by atoms with Crippen LogP contribution in [0.1, 0.15) is 11.3 Å². The molecule has 0 aliphatic carbocycles. The number of thiocarbonyl (C=S) groups is 1. The number of benzene rings is 2. The average Bonchev–Trinajstić information content (AvgIpc) is 3.37. The number of nitrogens with zero attached hydrogens (tertiary/aromatic N) is 4. The lowest BCUT2D eigenvalue weighted by molar-refractivity contribution is -0.121. The minimum absolute atomic E-state index is 0.137. The Kier molecular flexibility index (Phi) is 5.89. The second-order valence-corrected chi connectivity index (χ2v) is 9.97. The largest absolute Gasteiger partial charge is 0.318 e. The van der Waals surface area contributed by atoms with Crippen molar-refractivity contribution in [3.8, 4) is 5.69 Å².